The SMILES string of the molecule is CCCNCCCCc1ccc2c(c1)CCN2C. The van der Waals surface area contributed by atoms with Crippen LogP contribution < -0.4 is 10.2 Å². The Hall–Kier alpha value is -1.02. The van der Waals surface area contributed by atoms with E-state index in [4.69, 9.17) is 0 Å². The zero-order chi connectivity index (χ0) is 12.8. The third-order valence-electron chi connectivity index (χ3n) is 3.77. The molecule has 0 saturated heterocycles. The summed E-state index contributed by atoms with van der Waals surface area (Å²) < 4.78 is 0. The maximum atomic E-state index is 3.46. The predicted octanol–water partition coefficient (Wildman–Crippen LogP) is 3.00. The van der Waals surface area contributed by atoms with Crippen molar-refractivity contribution in [2.24, 2.45) is 0 Å². The number of anilines is 1. The van der Waals surface area contributed by atoms with E-state index in [0.29, 0.717) is 0 Å². The Balaban J connectivity index is 1.74. The molecule has 1 aromatic carbocycles. The van der Waals surface area contributed by atoms with E-state index in [-0.39, 0.29) is 0 Å². The molecule has 0 radical (unpaired) electrons. The lowest BCUT2D eigenvalue weighted by Crippen LogP contribution is -2.15. The zero-order valence-corrected chi connectivity index (χ0v) is 11.8. The number of nitrogens with one attached hydrogen (secondary N) is 1. The minimum Gasteiger partial charge on any atom is -0.374 e. The highest BCUT2D eigenvalue weighted by Gasteiger charge is 2.15. The van der Waals surface area contributed by atoms with Crippen LogP contribution in [0.15, 0.2) is 18.2 Å². The van der Waals surface area contributed by atoms with Crippen molar-refractivity contribution in [3.8, 4) is 0 Å². The van der Waals surface area contributed by atoms with Gasteiger partial charge in [0.05, 0.1) is 0 Å². The monoisotopic (exact) mass is 246 g/mol. The first-order valence-electron chi connectivity index (χ1n) is 7.35. The Morgan fingerprint density at radius 3 is 2.94 bits per heavy atom. The van der Waals surface area contributed by atoms with E-state index in [0.717, 1.165) is 6.54 Å². The van der Waals surface area contributed by atoms with Crippen molar-refractivity contribution in [2.75, 3.05) is 31.6 Å². The Kier molecular flexibility index (Phi) is 5.06. The Morgan fingerprint density at radius 1 is 1.22 bits per heavy atom. The van der Waals surface area contributed by atoms with Crippen LogP contribution in [0.4, 0.5) is 5.69 Å². The van der Waals surface area contributed by atoms with E-state index in [1.165, 1.54) is 56.4 Å². The van der Waals surface area contributed by atoms with E-state index in [1.54, 1.807) is 5.56 Å². The highest BCUT2D eigenvalue weighted by atomic mass is 15.1. The third kappa shape index (κ3) is 3.49. The van der Waals surface area contributed by atoms with E-state index in [1.807, 2.05) is 0 Å². The average Bonchev–Trinajstić information content (AvgIpc) is 2.75. The second kappa shape index (κ2) is 6.79. The first kappa shape index (κ1) is 13.4. The number of likely N-dealkylation sites (N-methyl/N-ethyl adjacent to an activating group) is 1. The van der Waals surface area contributed by atoms with Crippen LogP contribution in [0.25, 0.3) is 0 Å². The Bertz CT molecular complexity index is 373. The maximum absolute atomic E-state index is 3.46. The summed E-state index contributed by atoms with van der Waals surface area (Å²) in [5, 5.41) is 3.46. The largest absolute Gasteiger partial charge is 0.374 e. The molecular formula is C16H26N2. The molecule has 0 amide bonds. The van der Waals surface area contributed by atoms with E-state index in [2.05, 4.69) is 42.4 Å². The van der Waals surface area contributed by atoms with Gasteiger partial charge in [-0.15, -0.1) is 0 Å². The van der Waals surface area contributed by atoms with Crippen LogP contribution in [0, 0.1) is 0 Å². The standard InChI is InChI=1S/C16H26N2/c1-3-10-17-11-5-4-6-14-7-8-16-15(13-14)9-12-18(16)2/h7-8,13,17H,3-6,9-12H2,1-2H3. The van der Waals surface area contributed by atoms with Crippen molar-refractivity contribution < 1.29 is 0 Å². The van der Waals surface area contributed by atoms with Gasteiger partial charge in [-0.3, -0.25) is 0 Å². The molecule has 2 rings (SSSR count). The number of hydrogen-bond donors (Lipinski definition) is 1. The Labute approximate surface area is 111 Å². The molecule has 1 aliphatic rings. The van der Waals surface area contributed by atoms with E-state index < -0.39 is 0 Å². The van der Waals surface area contributed by atoms with Crippen molar-refractivity contribution in [3.63, 3.8) is 0 Å². The van der Waals surface area contributed by atoms with Gasteiger partial charge in [0.25, 0.3) is 0 Å². The number of aryl methyl sites for hydroxylation is 1. The van der Waals surface area contributed by atoms with E-state index >= 15 is 0 Å². The number of hydrogen-bond acceptors (Lipinski definition) is 2. The molecule has 0 atom stereocenters. The van der Waals surface area contributed by atoms with Crippen molar-refractivity contribution >= 4 is 5.69 Å². The summed E-state index contributed by atoms with van der Waals surface area (Å²) in [7, 11) is 2.19. The van der Waals surface area contributed by atoms with Crippen LogP contribution in [0.3, 0.4) is 0 Å². The van der Waals surface area contributed by atoms with Gasteiger partial charge in [-0.25, -0.2) is 0 Å². The fourth-order valence-corrected chi connectivity index (χ4v) is 2.66. The number of rotatable bonds is 7. The first-order chi connectivity index (χ1) is 8.81. The molecule has 1 N–H and O–H groups in total. The van der Waals surface area contributed by atoms with Gasteiger partial charge in [0, 0.05) is 19.3 Å². The van der Waals surface area contributed by atoms with E-state index in [9.17, 15) is 0 Å². The van der Waals surface area contributed by atoms with Gasteiger partial charge < -0.3 is 10.2 Å². The van der Waals surface area contributed by atoms with Gasteiger partial charge in [-0.2, -0.15) is 0 Å². The molecule has 0 bridgehead atoms. The van der Waals surface area contributed by atoms with Crippen molar-refractivity contribution in [1.82, 2.24) is 5.32 Å². The van der Waals surface area contributed by atoms with Crippen LogP contribution in [0.1, 0.15) is 37.3 Å². The van der Waals surface area contributed by atoms with Gasteiger partial charge in [-0.05, 0) is 62.4 Å². The number of benzene rings is 1. The van der Waals surface area contributed by atoms with Gasteiger partial charge in [-0.1, -0.05) is 19.1 Å². The van der Waals surface area contributed by atoms with Gasteiger partial charge in [0.15, 0.2) is 0 Å². The number of unbranched alkanes of at least 4 members (excludes halogenated alkanes) is 1. The van der Waals surface area contributed by atoms with Crippen LogP contribution in [0.5, 0.6) is 0 Å². The smallest absolute Gasteiger partial charge is 0.0397 e. The molecule has 1 heterocycles. The fourth-order valence-electron chi connectivity index (χ4n) is 2.66. The quantitative estimate of drug-likeness (QED) is 0.744. The number of nitrogens with zero attached hydrogens (tertiary/aromatic N) is 1. The third-order valence-corrected chi connectivity index (χ3v) is 3.77. The topological polar surface area (TPSA) is 15.3 Å². The highest BCUT2D eigenvalue weighted by Crippen LogP contribution is 2.27. The molecule has 0 saturated carbocycles. The van der Waals surface area contributed by atoms with Gasteiger partial charge >= 0.3 is 0 Å². The second-order valence-electron chi connectivity index (χ2n) is 5.34. The molecule has 1 aromatic rings. The lowest BCUT2D eigenvalue weighted by molar-refractivity contribution is 0.617. The van der Waals surface area contributed by atoms with Crippen molar-refractivity contribution in [2.45, 2.75) is 39.0 Å². The summed E-state index contributed by atoms with van der Waals surface area (Å²) in [5.41, 5.74) is 4.49. The minimum absolute atomic E-state index is 1.16. The molecule has 2 nitrogen and oxygen atoms in total. The summed E-state index contributed by atoms with van der Waals surface area (Å²) in [6, 6.07) is 7.02. The first-order valence-corrected chi connectivity index (χ1v) is 7.35. The summed E-state index contributed by atoms with van der Waals surface area (Å²) >= 11 is 0. The molecule has 100 valence electrons. The van der Waals surface area contributed by atoms with Crippen LogP contribution in [0.2, 0.25) is 0 Å². The molecule has 0 spiro atoms. The van der Waals surface area contributed by atoms with Gasteiger partial charge in [0.2, 0.25) is 0 Å². The summed E-state index contributed by atoms with van der Waals surface area (Å²) in [5.74, 6) is 0. The molecule has 2 heteroatoms. The summed E-state index contributed by atoms with van der Waals surface area (Å²) in [6.45, 7) is 5.72. The lowest BCUT2D eigenvalue weighted by Gasteiger charge is -2.12. The molecule has 0 aromatic heterocycles. The maximum Gasteiger partial charge on any atom is 0.0397 e. The molecular weight excluding hydrogens is 220 g/mol. The van der Waals surface area contributed by atoms with Gasteiger partial charge in [0.1, 0.15) is 0 Å². The van der Waals surface area contributed by atoms with Crippen molar-refractivity contribution in [1.29, 1.82) is 0 Å². The van der Waals surface area contributed by atoms with Crippen LogP contribution in [-0.4, -0.2) is 26.7 Å². The lowest BCUT2D eigenvalue weighted by atomic mass is 10.0. The molecule has 0 aliphatic carbocycles. The molecule has 0 unspecified atom stereocenters. The second-order valence-corrected chi connectivity index (χ2v) is 5.34. The van der Waals surface area contributed by atoms with Crippen LogP contribution in [-0.2, 0) is 12.8 Å². The summed E-state index contributed by atoms with van der Waals surface area (Å²) in [4.78, 5) is 2.35. The summed E-state index contributed by atoms with van der Waals surface area (Å²) in [6.07, 6.45) is 6.27. The fraction of sp³-hybridized carbons (Fsp3) is 0.625. The molecule has 1 aliphatic heterocycles. The molecule has 18 heavy (non-hydrogen) atoms. The molecule has 0 fully saturated rings. The predicted molar refractivity (Wildman–Crippen MR) is 79.5 cm³/mol. The average molecular weight is 246 g/mol. The van der Waals surface area contributed by atoms with Crippen LogP contribution >= 0.6 is 0 Å². The highest BCUT2D eigenvalue weighted by molar-refractivity contribution is 5.58. The Morgan fingerprint density at radius 2 is 2.11 bits per heavy atom. The zero-order valence-electron chi connectivity index (χ0n) is 11.8. The minimum atomic E-state index is 1.16. The number of fused-ring (bicyclic) bond motifs is 1. The van der Waals surface area contributed by atoms with Crippen molar-refractivity contribution in [3.05, 3.63) is 29.3 Å². The normalized spacial score (nSPS) is 14.0.